The number of nitrogens with one attached hydrogen (secondary N) is 2. The SMILES string of the molecule is CSc1cccc(NC(=O)c2ccc(NS(=O)(=O)c3ccc4c(c3)OCCO4)cc2)c1. The van der Waals surface area contributed by atoms with Gasteiger partial charge >= 0.3 is 0 Å². The van der Waals surface area contributed by atoms with Gasteiger partial charge in [0.1, 0.15) is 13.2 Å². The van der Waals surface area contributed by atoms with Crippen molar-refractivity contribution >= 4 is 39.1 Å². The van der Waals surface area contributed by atoms with Crippen LogP contribution >= 0.6 is 11.8 Å². The summed E-state index contributed by atoms with van der Waals surface area (Å²) >= 11 is 1.59. The lowest BCUT2D eigenvalue weighted by Gasteiger charge is -2.19. The molecule has 0 bridgehead atoms. The van der Waals surface area contributed by atoms with Crippen LogP contribution in [-0.4, -0.2) is 33.8 Å². The molecule has 0 unspecified atom stereocenters. The minimum Gasteiger partial charge on any atom is -0.486 e. The zero-order valence-electron chi connectivity index (χ0n) is 16.6. The molecule has 31 heavy (non-hydrogen) atoms. The Balaban J connectivity index is 1.45. The van der Waals surface area contributed by atoms with Crippen molar-refractivity contribution in [1.82, 2.24) is 0 Å². The van der Waals surface area contributed by atoms with Gasteiger partial charge in [-0.3, -0.25) is 9.52 Å². The van der Waals surface area contributed by atoms with E-state index in [4.69, 9.17) is 9.47 Å². The molecule has 7 nitrogen and oxygen atoms in total. The van der Waals surface area contributed by atoms with Crippen LogP contribution in [0.4, 0.5) is 11.4 Å². The van der Waals surface area contributed by atoms with Crippen molar-refractivity contribution in [3.05, 3.63) is 72.3 Å². The number of hydrogen-bond donors (Lipinski definition) is 2. The Morgan fingerprint density at radius 2 is 1.65 bits per heavy atom. The summed E-state index contributed by atoms with van der Waals surface area (Å²) in [4.78, 5) is 13.6. The maximum absolute atomic E-state index is 12.7. The van der Waals surface area contributed by atoms with Gasteiger partial charge in [0, 0.05) is 27.9 Å². The highest BCUT2D eigenvalue weighted by Crippen LogP contribution is 2.32. The minimum atomic E-state index is -3.82. The van der Waals surface area contributed by atoms with Gasteiger partial charge in [-0.05, 0) is 60.9 Å². The summed E-state index contributed by atoms with van der Waals surface area (Å²) in [6.45, 7) is 0.801. The first-order valence-electron chi connectivity index (χ1n) is 9.42. The number of sulfonamides is 1. The molecule has 3 aromatic carbocycles. The molecule has 1 aliphatic rings. The first-order valence-corrected chi connectivity index (χ1v) is 12.1. The van der Waals surface area contributed by atoms with Crippen LogP contribution in [0.2, 0.25) is 0 Å². The Morgan fingerprint density at radius 3 is 2.39 bits per heavy atom. The number of thioether (sulfide) groups is 1. The van der Waals surface area contributed by atoms with E-state index in [1.165, 1.54) is 12.1 Å². The van der Waals surface area contributed by atoms with Crippen LogP contribution in [0.25, 0.3) is 0 Å². The lowest BCUT2D eigenvalue weighted by Crippen LogP contribution is -2.17. The third-order valence-electron chi connectivity index (χ3n) is 4.55. The van der Waals surface area contributed by atoms with E-state index in [0.29, 0.717) is 41.7 Å². The predicted molar refractivity (Wildman–Crippen MR) is 121 cm³/mol. The summed E-state index contributed by atoms with van der Waals surface area (Å²) in [5, 5.41) is 2.84. The Morgan fingerprint density at radius 1 is 0.903 bits per heavy atom. The second kappa shape index (κ2) is 8.91. The quantitative estimate of drug-likeness (QED) is 0.539. The average molecular weight is 457 g/mol. The first kappa shape index (κ1) is 21.1. The molecule has 0 atom stereocenters. The monoisotopic (exact) mass is 456 g/mol. The van der Waals surface area contributed by atoms with E-state index in [2.05, 4.69) is 10.0 Å². The van der Waals surface area contributed by atoms with Crippen molar-refractivity contribution in [1.29, 1.82) is 0 Å². The van der Waals surface area contributed by atoms with Gasteiger partial charge < -0.3 is 14.8 Å². The van der Waals surface area contributed by atoms with Crippen molar-refractivity contribution in [2.75, 3.05) is 29.5 Å². The maximum Gasteiger partial charge on any atom is 0.262 e. The standard InChI is InChI=1S/C22H20N2O5S2/c1-30-18-4-2-3-17(13-18)23-22(25)15-5-7-16(8-6-15)24-31(26,27)19-9-10-20-21(14-19)29-12-11-28-20/h2-10,13-14,24H,11-12H2,1H3,(H,23,25). The van der Waals surface area contributed by atoms with Crippen LogP contribution in [-0.2, 0) is 10.0 Å². The average Bonchev–Trinajstić information content (AvgIpc) is 2.79. The fraction of sp³-hybridized carbons (Fsp3) is 0.136. The number of hydrogen-bond acceptors (Lipinski definition) is 6. The Kier molecular flexibility index (Phi) is 6.06. The Labute approximate surface area is 184 Å². The highest BCUT2D eigenvalue weighted by atomic mass is 32.2. The molecule has 1 aliphatic heterocycles. The van der Waals surface area contributed by atoms with Crippen molar-refractivity contribution in [3.8, 4) is 11.5 Å². The number of benzene rings is 3. The smallest absolute Gasteiger partial charge is 0.262 e. The zero-order valence-corrected chi connectivity index (χ0v) is 18.3. The molecule has 160 valence electrons. The lowest BCUT2D eigenvalue weighted by atomic mass is 10.2. The number of fused-ring (bicyclic) bond motifs is 1. The molecule has 2 N–H and O–H groups in total. The molecule has 4 rings (SSSR count). The largest absolute Gasteiger partial charge is 0.486 e. The second-order valence-corrected chi connectivity index (χ2v) is 9.24. The molecular weight excluding hydrogens is 436 g/mol. The molecule has 0 saturated carbocycles. The summed E-state index contributed by atoms with van der Waals surface area (Å²) < 4.78 is 38.8. The molecule has 0 fully saturated rings. The molecule has 9 heteroatoms. The van der Waals surface area contributed by atoms with Gasteiger partial charge in [-0.15, -0.1) is 11.8 Å². The van der Waals surface area contributed by atoms with E-state index in [1.807, 2.05) is 30.5 Å². The molecular formula is C22H20N2O5S2. The number of rotatable bonds is 6. The second-order valence-electron chi connectivity index (χ2n) is 6.67. The van der Waals surface area contributed by atoms with Crippen LogP contribution < -0.4 is 19.5 Å². The lowest BCUT2D eigenvalue weighted by molar-refractivity contribution is 0.102. The number of anilines is 2. The molecule has 0 saturated heterocycles. The van der Waals surface area contributed by atoms with Gasteiger partial charge in [0.15, 0.2) is 11.5 Å². The molecule has 0 radical (unpaired) electrons. The van der Waals surface area contributed by atoms with Crippen LogP contribution in [0.5, 0.6) is 11.5 Å². The number of amides is 1. The van der Waals surface area contributed by atoms with Gasteiger partial charge in [-0.1, -0.05) is 6.07 Å². The van der Waals surface area contributed by atoms with Crippen LogP contribution in [0.1, 0.15) is 10.4 Å². The van der Waals surface area contributed by atoms with Gasteiger partial charge in [-0.2, -0.15) is 0 Å². The highest BCUT2D eigenvalue weighted by Gasteiger charge is 2.19. The van der Waals surface area contributed by atoms with E-state index in [-0.39, 0.29) is 10.8 Å². The van der Waals surface area contributed by atoms with Crippen molar-refractivity contribution in [3.63, 3.8) is 0 Å². The van der Waals surface area contributed by atoms with Gasteiger partial charge in [0.05, 0.1) is 4.90 Å². The highest BCUT2D eigenvalue weighted by molar-refractivity contribution is 7.98. The van der Waals surface area contributed by atoms with Crippen molar-refractivity contribution in [2.45, 2.75) is 9.79 Å². The number of ether oxygens (including phenoxy) is 2. The predicted octanol–water partition coefficient (Wildman–Crippen LogP) is 4.23. The zero-order chi connectivity index (χ0) is 21.8. The topological polar surface area (TPSA) is 93.7 Å². The summed E-state index contributed by atoms with van der Waals surface area (Å²) in [7, 11) is -3.82. The van der Waals surface area contributed by atoms with Crippen molar-refractivity contribution in [2.24, 2.45) is 0 Å². The third kappa shape index (κ3) is 4.95. The number of carbonyl (C=O) groups is 1. The van der Waals surface area contributed by atoms with E-state index in [9.17, 15) is 13.2 Å². The van der Waals surface area contributed by atoms with E-state index in [0.717, 1.165) is 4.90 Å². The van der Waals surface area contributed by atoms with Crippen molar-refractivity contribution < 1.29 is 22.7 Å². The molecule has 1 amide bonds. The van der Waals surface area contributed by atoms with E-state index < -0.39 is 10.0 Å². The number of carbonyl (C=O) groups excluding carboxylic acids is 1. The molecule has 1 heterocycles. The van der Waals surface area contributed by atoms with E-state index >= 15 is 0 Å². The summed E-state index contributed by atoms with van der Waals surface area (Å²) in [6, 6.07) is 18.2. The molecule has 0 aliphatic carbocycles. The minimum absolute atomic E-state index is 0.0623. The van der Waals surface area contributed by atoms with Crippen LogP contribution in [0.15, 0.2) is 76.5 Å². The van der Waals surface area contributed by atoms with Crippen LogP contribution in [0.3, 0.4) is 0 Å². The van der Waals surface area contributed by atoms with Crippen LogP contribution in [0, 0.1) is 0 Å². The van der Waals surface area contributed by atoms with Gasteiger partial charge in [0.2, 0.25) is 0 Å². The third-order valence-corrected chi connectivity index (χ3v) is 6.66. The summed E-state index contributed by atoms with van der Waals surface area (Å²) in [5.74, 6) is 0.634. The van der Waals surface area contributed by atoms with Gasteiger partial charge in [-0.25, -0.2) is 8.42 Å². The van der Waals surface area contributed by atoms with E-state index in [1.54, 1.807) is 42.1 Å². The molecule has 0 spiro atoms. The fourth-order valence-corrected chi connectivity index (χ4v) is 4.53. The first-order chi connectivity index (χ1) is 14.9. The molecule has 3 aromatic rings. The summed E-state index contributed by atoms with van der Waals surface area (Å²) in [5.41, 5.74) is 1.45. The normalized spacial score (nSPS) is 12.8. The maximum atomic E-state index is 12.7. The van der Waals surface area contributed by atoms with Gasteiger partial charge in [0.25, 0.3) is 15.9 Å². The summed E-state index contributed by atoms with van der Waals surface area (Å²) in [6.07, 6.45) is 1.96. The molecule has 0 aromatic heterocycles. The Bertz CT molecular complexity index is 1210. The Hall–Kier alpha value is -3.17. The fourth-order valence-electron chi connectivity index (χ4n) is 3.00.